The Hall–Kier alpha value is 1.96. The van der Waals surface area contributed by atoms with Crippen LogP contribution in [0.5, 0.6) is 0 Å². The van der Waals surface area contributed by atoms with Crippen molar-refractivity contribution in [3.63, 3.8) is 0 Å². The summed E-state index contributed by atoms with van der Waals surface area (Å²) in [5.74, 6) is 0. The molecule has 10 heteroatoms. The molecule has 0 aliphatic carbocycles. The summed E-state index contributed by atoms with van der Waals surface area (Å²) in [5.41, 5.74) is 0. The first kappa shape index (κ1) is 24.3. The second-order valence-corrected chi connectivity index (χ2v) is 2.31. The predicted octanol–water partition coefficient (Wildman–Crippen LogP) is -8.88. The molecular formula is C3H8FNa2O6P. The van der Waals surface area contributed by atoms with Crippen molar-refractivity contribution in [1.29, 1.82) is 0 Å². The largest absolute Gasteiger partial charge is 1.00 e. The van der Waals surface area contributed by atoms with E-state index in [1.807, 2.05) is 0 Å². The zero-order chi connectivity index (χ0) is 9.49. The molecule has 0 amide bonds. The molecule has 0 aromatic heterocycles. The van der Waals surface area contributed by atoms with Gasteiger partial charge >= 0.3 is 59.1 Å². The minimum atomic E-state index is -5.64. The molecule has 6 nitrogen and oxygen atoms in total. The van der Waals surface area contributed by atoms with Crippen molar-refractivity contribution in [1.82, 2.24) is 0 Å². The van der Waals surface area contributed by atoms with Crippen LogP contribution in [0.15, 0.2) is 0 Å². The van der Waals surface area contributed by atoms with Crippen LogP contribution in [0.1, 0.15) is 0 Å². The van der Waals surface area contributed by atoms with E-state index >= 15 is 0 Å². The Morgan fingerprint density at radius 2 is 1.38 bits per heavy atom. The van der Waals surface area contributed by atoms with Gasteiger partial charge < -0.3 is 29.7 Å². The van der Waals surface area contributed by atoms with Gasteiger partial charge in [-0.2, -0.15) is 0 Å². The average molecular weight is 236 g/mol. The van der Waals surface area contributed by atoms with Gasteiger partial charge in [0.2, 0.25) is 0 Å². The quantitative estimate of drug-likeness (QED) is 0.323. The van der Waals surface area contributed by atoms with Gasteiger partial charge in [0.1, 0.15) is 14.0 Å². The van der Waals surface area contributed by atoms with Gasteiger partial charge in [-0.3, -0.25) is 0 Å². The summed E-state index contributed by atoms with van der Waals surface area (Å²) >= 11 is 0. The normalized spacial score (nSPS) is 9.15. The van der Waals surface area contributed by atoms with E-state index in [1.54, 1.807) is 0 Å². The predicted molar refractivity (Wildman–Crippen MR) is 28.9 cm³/mol. The number of aliphatic hydroxyl groups is 3. The molecule has 0 atom stereocenters. The van der Waals surface area contributed by atoms with Crippen molar-refractivity contribution in [3.8, 4) is 0 Å². The van der Waals surface area contributed by atoms with Crippen LogP contribution in [0.2, 0.25) is 0 Å². The standard InChI is InChI=1S/C3H8O3.FH2O3P.2Na/c4-1-3(6)2-5;1-5(2,3)4;;/h3-6H,1-2H2;(H2,2,3,4);;/q;;2*+1/p-2. The molecule has 0 rings (SSSR count). The summed E-state index contributed by atoms with van der Waals surface area (Å²) in [6, 6.07) is 0. The van der Waals surface area contributed by atoms with Crippen molar-refractivity contribution in [2.45, 2.75) is 6.10 Å². The molecule has 0 fully saturated rings. The third-order valence-electron chi connectivity index (χ3n) is 0.421. The molecule has 0 aliphatic rings. The Balaban J connectivity index is -0.0000000546. The van der Waals surface area contributed by atoms with E-state index in [2.05, 4.69) is 0 Å². The van der Waals surface area contributed by atoms with Crippen molar-refractivity contribution in [3.05, 3.63) is 0 Å². The van der Waals surface area contributed by atoms with Crippen LogP contribution < -0.4 is 68.9 Å². The van der Waals surface area contributed by atoms with E-state index in [4.69, 9.17) is 29.7 Å². The zero-order valence-electron chi connectivity index (χ0n) is 7.38. The smallest absolute Gasteiger partial charge is 0.786 e. The molecule has 0 saturated heterocycles. The summed E-state index contributed by atoms with van der Waals surface area (Å²) in [7, 11) is -5.64. The maximum atomic E-state index is 10.1. The maximum Gasteiger partial charge on any atom is 1.00 e. The first-order chi connectivity index (χ1) is 4.81. The topological polar surface area (TPSA) is 124 Å². The van der Waals surface area contributed by atoms with Crippen LogP contribution >= 0.6 is 7.91 Å². The van der Waals surface area contributed by atoms with Gasteiger partial charge in [0.25, 0.3) is 0 Å². The minimum Gasteiger partial charge on any atom is -0.786 e. The van der Waals surface area contributed by atoms with Crippen LogP contribution in [-0.2, 0) is 4.57 Å². The monoisotopic (exact) mass is 236 g/mol. The Bertz CT molecular complexity index is 119. The molecule has 0 aromatic rings. The third kappa shape index (κ3) is 56.2. The van der Waals surface area contributed by atoms with E-state index < -0.39 is 14.0 Å². The SMILES string of the molecule is O=P([O-])([O-])F.OCC(O)CO.[Na+].[Na+]. The Morgan fingerprint density at radius 1 is 1.23 bits per heavy atom. The molecule has 0 unspecified atom stereocenters. The fraction of sp³-hybridized carbons (Fsp3) is 1.00. The molecule has 0 spiro atoms. The Morgan fingerprint density at radius 3 is 1.38 bits per heavy atom. The zero-order valence-corrected chi connectivity index (χ0v) is 12.3. The summed E-state index contributed by atoms with van der Waals surface area (Å²) in [5, 5.41) is 24.0. The van der Waals surface area contributed by atoms with Crippen LogP contribution in [0.25, 0.3) is 0 Å². The van der Waals surface area contributed by atoms with Gasteiger partial charge in [-0.1, -0.05) is 0 Å². The summed E-state index contributed by atoms with van der Waals surface area (Å²) < 4.78 is 18.6. The maximum absolute atomic E-state index is 10.1. The first-order valence-electron chi connectivity index (χ1n) is 2.42. The Labute approximate surface area is 119 Å². The van der Waals surface area contributed by atoms with E-state index in [-0.39, 0.29) is 72.3 Å². The average Bonchev–Trinajstić information content (AvgIpc) is 1.83. The number of hydrogen-bond acceptors (Lipinski definition) is 6. The fourth-order valence-corrected chi connectivity index (χ4v) is 0.0577. The summed E-state index contributed by atoms with van der Waals surface area (Å²) in [6.07, 6.45) is -0.954. The molecule has 0 heterocycles. The van der Waals surface area contributed by atoms with Gasteiger partial charge in [0, 0.05) is 0 Å². The van der Waals surface area contributed by atoms with Crippen molar-refractivity contribution < 1.29 is 93.0 Å². The molecule has 13 heavy (non-hydrogen) atoms. The Kier molecular flexibility index (Phi) is 26.1. The van der Waals surface area contributed by atoms with Gasteiger partial charge in [-0.05, 0) is 0 Å². The molecule has 0 radical (unpaired) electrons. The van der Waals surface area contributed by atoms with Crippen molar-refractivity contribution in [2.75, 3.05) is 13.2 Å². The van der Waals surface area contributed by atoms with Crippen LogP contribution in [0.3, 0.4) is 0 Å². The third-order valence-corrected chi connectivity index (χ3v) is 0.421. The van der Waals surface area contributed by atoms with E-state index in [0.29, 0.717) is 0 Å². The first-order valence-corrected chi connectivity index (χ1v) is 3.86. The molecule has 70 valence electrons. The van der Waals surface area contributed by atoms with Gasteiger partial charge in [0.15, 0.2) is 0 Å². The number of rotatable bonds is 2. The van der Waals surface area contributed by atoms with Gasteiger partial charge in [-0.25, -0.2) is 4.20 Å². The minimum absolute atomic E-state index is 0. The molecular weight excluding hydrogens is 228 g/mol. The van der Waals surface area contributed by atoms with Crippen molar-refractivity contribution in [2.24, 2.45) is 0 Å². The molecule has 0 bridgehead atoms. The van der Waals surface area contributed by atoms with E-state index in [0.717, 1.165) is 0 Å². The summed E-state index contributed by atoms with van der Waals surface area (Å²) in [6.45, 7) is -0.729. The molecule has 0 saturated carbocycles. The van der Waals surface area contributed by atoms with Crippen LogP contribution in [0, 0.1) is 0 Å². The number of hydrogen-bond donors (Lipinski definition) is 3. The number of halogens is 1. The van der Waals surface area contributed by atoms with Gasteiger partial charge in [0.05, 0.1) is 13.2 Å². The van der Waals surface area contributed by atoms with E-state index in [9.17, 15) is 4.20 Å². The van der Waals surface area contributed by atoms with Crippen LogP contribution in [-0.4, -0.2) is 34.6 Å². The number of aliphatic hydroxyl groups excluding tert-OH is 3. The van der Waals surface area contributed by atoms with Crippen LogP contribution in [0.4, 0.5) is 4.20 Å². The molecule has 3 N–H and O–H groups in total. The van der Waals surface area contributed by atoms with Crippen molar-refractivity contribution >= 4 is 7.91 Å². The van der Waals surface area contributed by atoms with E-state index in [1.165, 1.54) is 0 Å². The summed E-state index contributed by atoms with van der Waals surface area (Å²) in [4.78, 5) is 16.9. The van der Waals surface area contributed by atoms with Gasteiger partial charge in [-0.15, -0.1) is 0 Å². The fourth-order valence-electron chi connectivity index (χ4n) is 0.0577. The molecule has 0 aromatic carbocycles. The molecule has 0 aliphatic heterocycles. The second kappa shape index (κ2) is 14.0. The second-order valence-electron chi connectivity index (χ2n) is 1.45.